The van der Waals surface area contributed by atoms with Crippen LogP contribution in [0, 0.1) is 23.0 Å². The van der Waals surface area contributed by atoms with E-state index >= 15 is 0 Å². The van der Waals surface area contributed by atoms with Gasteiger partial charge in [0.2, 0.25) is 0 Å². The van der Waals surface area contributed by atoms with Crippen molar-refractivity contribution in [2.24, 2.45) is 10.9 Å². The molecule has 0 atom stereocenters. The number of amidine groups is 1. The second-order valence-electron chi connectivity index (χ2n) is 6.61. The summed E-state index contributed by atoms with van der Waals surface area (Å²) in [5.74, 6) is 1.44. The molecule has 1 saturated heterocycles. The molecule has 1 aromatic carbocycles. The second kappa shape index (κ2) is 8.09. The molecule has 1 fully saturated rings. The van der Waals surface area contributed by atoms with Crippen LogP contribution in [0.15, 0.2) is 23.2 Å². The van der Waals surface area contributed by atoms with Crippen molar-refractivity contribution < 1.29 is 4.92 Å². The van der Waals surface area contributed by atoms with Gasteiger partial charge in [0, 0.05) is 31.1 Å². The smallest absolute Gasteiger partial charge is 0.269 e. The summed E-state index contributed by atoms with van der Waals surface area (Å²) < 4.78 is 0. The molecular weight excluding hydrogens is 290 g/mol. The van der Waals surface area contributed by atoms with E-state index in [4.69, 9.17) is 4.99 Å². The highest BCUT2D eigenvalue weighted by molar-refractivity contribution is 5.87. The Labute approximate surface area is 138 Å². The van der Waals surface area contributed by atoms with Gasteiger partial charge >= 0.3 is 0 Å². The van der Waals surface area contributed by atoms with Crippen molar-refractivity contribution in [3.05, 3.63) is 33.9 Å². The first-order chi connectivity index (χ1) is 11.0. The zero-order valence-electron chi connectivity index (χ0n) is 14.4. The third kappa shape index (κ3) is 4.78. The Morgan fingerprint density at radius 1 is 1.17 bits per heavy atom. The second-order valence-corrected chi connectivity index (χ2v) is 6.61. The van der Waals surface area contributed by atoms with Gasteiger partial charge in [-0.25, -0.2) is 4.99 Å². The summed E-state index contributed by atoms with van der Waals surface area (Å²) in [7, 11) is 0. The summed E-state index contributed by atoms with van der Waals surface area (Å²) in [6.45, 7) is 8.33. The van der Waals surface area contributed by atoms with Gasteiger partial charge in [0.1, 0.15) is 5.84 Å². The molecule has 23 heavy (non-hydrogen) atoms. The number of hydrogen-bond donors (Lipinski definition) is 0. The van der Waals surface area contributed by atoms with Gasteiger partial charge in [-0.2, -0.15) is 0 Å². The highest BCUT2D eigenvalue weighted by Crippen LogP contribution is 2.25. The molecule has 126 valence electrons. The van der Waals surface area contributed by atoms with Gasteiger partial charge in [-0.15, -0.1) is 0 Å². The molecule has 1 heterocycles. The van der Waals surface area contributed by atoms with Crippen LogP contribution in [0.1, 0.15) is 51.5 Å². The maximum absolute atomic E-state index is 10.9. The van der Waals surface area contributed by atoms with Gasteiger partial charge in [-0.1, -0.05) is 33.1 Å². The van der Waals surface area contributed by atoms with Crippen LogP contribution in [-0.4, -0.2) is 28.7 Å². The summed E-state index contributed by atoms with van der Waals surface area (Å²) in [5.41, 5.74) is 1.81. The van der Waals surface area contributed by atoms with E-state index in [2.05, 4.69) is 18.7 Å². The zero-order valence-corrected chi connectivity index (χ0v) is 14.4. The first kappa shape index (κ1) is 17.4. The van der Waals surface area contributed by atoms with Gasteiger partial charge in [-0.3, -0.25) is 10.1 Å². The lowest BCUT2D eigenvalue weighted by Crippen LogP contribution is -2.36. The summed E-state index contributed by atoms with van der Waals surface area (Å²) in [6, 6.07) is 4.90. The fourth-order valence-corrected chi connectivity index (χ4v) is 3.04. The molecule has 0 radical (unpaired) electrons. The molecule has 5 heteroatoms. The van der Waals surface area contributed by atoms with Crippen molar-refractivity contribution in [2.45, 2.75) is 52.9 Å². The van der Waals surface area contributed by atoms with Crippen molar-refractivity contribution in [1.82, 2.24) is 4.90 Å². The van der Waals surface area contributed by atoms with Crippen LogP contribution in [0.2, 0.25) is 0 Å². The number of hydrogen-bond acceptors (Lipinski definition) is 3. The topological polar surface area (TPSA) is 58.7 Å². The largest absolute Gasteiger partial charge is 0.360 e. The summed E-state index contributed by atoms with van der Waals surface area (Å²) in [6.07, 6.45) is 6.34. The normalized spacial score (nSPS) is 17.0. The lowest BCUT2D eigenvalue weighted by Gasteiger charge is -2.30. The first-order valence-electron chi connectivity index (χ1n) is 8.57. The van der Waals surface area contributed by atoms with E-state index < -0.39 is 0 Å². The van der Waals surface area contributed by atoms with Crippen molar-refractivity contribution in [3.8, 4) is 0 Å². The third-order valence-electron chi connectivity index (χ3n) is 4.32. The quantitative estimate of drug-likeness (QED) is 0.346. The summed E-state index contributed by atoms with van der Waals surface area (Å²) >= 11 is 0. The molecule has 0 bridgehead atoms. The maximum Gasteiger partial charge on any atom is 0.269 e. The van der Waals surface area contributed by atoms with E-state index in [0.717, 1.165) is 30.2 Å². The minimum Gasteiger partial charge on any atom is -0.360 e. The first-order valence-corrected chi connectivity index (χ1v) is 8.57. The number of nitro groups is 1. The highest BCUT2D eigenvalue weighted by Gasteiger charge is 2.17. The molecule has 0 amide bonds. The van der Waals surface area contributed by atoms with Crippen molar-refractivity contribution in [2.75, 3.05) is 13.1 Å². The van der Waals surface area contributed by atoms with E-state index in [1.165, 1.54) is 38.2 Å². The molecule has 0 spiro atoms. The molecule has 5 nitrogen and oxygen atoms in total. The van der Waals surface area contributed by atoms with Crippen molar-refractivity contribution in [3.63, 3.8) is 0 Å². The van der Waals surface area contributed by atoms with Gasteiger partial charge in [0.05, 0.1) is 10.6 Å². The van der Waals surface area contributed by atoms with Crippen LogP contribution >= 0.6 is 0 Å². The van der Waals surface area contributed by atoms with Gasteiger partial charge in [0.15, 0.2) is 0 Å². The number of rotatable bonds is 3. The molecule has 1 aliphatic heterocycles. The zero-order chi connectivity index (χ0) is 16.8. The molecule has 1 aromatic rings. The van der Waals surface area contributed by atoms with Crippen molar-refractivity contribution >= 4 is 17.2 Å². The van der Waals surface area contributed by atoms with Crippen LogP contribution in [0.4, 0.5) is 11.4 Å². The summed E-state index contributed by atoms with van der Waals surface area (Å²) in [5, 5.41) is 10.9. The van der Waals surface area contributed by atoms with E-state index in [1.807, 2.05) is 6.92 Å². The minimum absolute atomic E-state index is 0.124. The molecule has 0 aliphatic carbocycles. The Hall–Kier alpha value is -1.91. The van der Waals surface area contributed by atoms with Crippen LogP contribution in [0.5, 0.6) is 0 Å². The van der Waals surface area contributed by atoms with Gasteiger partial charge < -0.3 is 4.90 Å². The maximum atomic E-state index is 10.9. The van der Waals surface area contributed by atoms with Gasteiger partial charge in [0.25, 0.3) is 5.69 Å². The predicted molar refractivity (Wildman–Crippen MR) is 94.4 cm³/mol. The summed E-state index contributed by atoms with van der Waals surface area (Å²) in [4.78, 5) is 17.8. The van der Waals surface area contributed by atoms with Crippen LogP contribution in [0.3, 0.4) is 0 Å². The molecule has 1 aliphatic rings. The molecule has 0 N–H and O–H groups in total. The van der Waals surface area contributed by atoms with Crippen LogP contribution in [0.25, 0.3) is 0 Å². The van der Waals surface area contributed by atoms with Crippen LogP contribution in [-0.2, 0) is 0 Å². The molecule has 0 saturated carbocycles. The van der Waals surface area contributed by atoms with E-state index in [9.17, 15) is 10.1 Å². The highest BCUT2D eigenvalue weighted by atomic mass is 16.6. The standard InChI is InChI=1S/C18H27N3O2/c1-14(2)18(20-11-7-5-4-6-8-12-20)19-17-10-9-16(21(22)23)13-15(17)3/h9-10,13-14H,4-8,11-12H2,1-3H3. The average molecular weight is 317 g/mol. The number of likely N-dealkylation sites (tertiary alicyclic amines) is 1. The Morgan fingerprint density at radius 2 is 1.78 bits per heavy atom. The Kier molecular flexibility index (Phi) is 6.13. The van der Waals surface area contributed by atoms with E-state index in [0.29, 0.717) is 5.92 Å². The number of aliphatic imine (C=N–C) groups is 1. The Balaban J connectivity index is 2.28. The fourth-order valence-electron chi connectivity index (χ4n) is 3.04. The number of benzene rings is 1. The number of nitro benzene ring substituents is 1. The SMILES string of the molecule is Cc1cc([N+](=O)[O-])ccc1N=C(C(C)C)N1CCCCCCC1. The van der Waals surface area contributed by atoms with Crippen molar-refractivity contribution in [1.29, 1.82) is 0 Å². The number of aryl methyl sites for hydroxylation is 1. The molecule has 0 aromatic heterocycles. The third-order valence-corrected chi connectivity index (χ3v) is 4.32. The molecule has 2 rings (SSSR count). The number of nitrogens with zero attached hydrogens (tertiary/aromatic N) is 3. The predicted octanol–water partition coefficient (Wildman–Crippen LogP) is 4.86. The number of non-ortho nitro benzene ring substituents is 1. The van der Waals surface area contributed by atoms with Gasteiger partial charge in [-0.05, 0) is 31.4 Å². The lowest BCUT2D eigenvalue weighted by atomic mass is 10.1. The monoisotopic (exact) mass is 317 g/mol. The minimum atomic E-state index is -0.359. The fraction of sp³-hybridized carbons (Fsp3) is 0.611. The van der Waals surface area contributed by atoms with Crippen LogP contribution < -0.4 is 0 Å². The Bertz CT molecular complexity index is 574. The average Bonchev–Trinajstić information content (AvgIpc) is 2.46. The lowest BCUT2D eigenvalue weighted by molar-refractivity contribution is -0.384. The van der Waals surface area contributed by atoms with E-state index in [-0.39, 0.29) is 10.6 Å². The molecular formula is C18H27N3O2. The Morgan fingerprint density at radius 3 is 2.30 bits per heavy atom. The molecule has 0 unspecified atom stereocenters. The van der Waals surface area contributed by atoms with E-state index in [1.54, 1.807) is 12.1 Å².